The highest BCUT2D eigenvalue weighted by molar-refractivity contribution is 5.66. The first-order chi connectivity index (χ1) is 6.91. The second-order valence-corrected chi connectivity index (χ2v) is 3.78. The minimum Gasteiger partial charge on any atom is -0.481 e. The Balaban J connectivity index is 0.000000288. The molecule has 0 aromatic carbocycles. The van der Waals surface area contributed by atoms with Crippen molar-refractivity contribution in [1.82, 2.24) is 0 Å². The van der Waals surface area contributed by atoms with Crippen molar-refractivity contribution in [1.29, 1.82) is 0 Å². The summed E-state index contributed by atoms with van der Waals surface area (Å²) >= 11 is 0. The molecule has 5 nitrogen and oxygen atoms in total. The van der Waals surface area contributed by atoms with Gasteiger partial charge in [0.05, 0.1) is 13.2 Å². The van der Waals surface area contributed by atoms with E-state index in [0.717, 1.165) is 6.42 Å². The fourth-order valence-electron chi connectivity index (χ4n) is 1.07. The zero-order valence-corrected chi connectivity index (χ0v) is 9.52. The molecular formula is C10H20O5. The van der Waals surface area contributed by atoms with Gasteiger partial charge in [0, 0.05) is 6.42 Å². The Hall–Kier alpha value is -0.650. The quantitative estimate of drug-likeness (QED) is 0.742. The molecule has 1 atom stereocenters. The number of ether oxygens (including phenoxy) is 2. The third kappa shape index (κ3) is 7.30. The maximum Gasteiger partial charge on any atom is 0.303 e. The molecule has 1 heterocycles. The molecule has 0 saturated carbocycles. The van der Waals surface area contributed by atoms with E-state index in [9.17, 15) is 4.79 Å². The van der Waals surface area contributed by atoms with Crippen LogP contribution in [-0.2, 0) is 14.3 Å². The summed E-state index contributed by atoms with van der Waals surface area (Å²) in [4.78, 5) is 9.60. The van der Waals surface area contributed by atoms with Crippen LogP contribution in [0.4, 0.5) is 0 Å². The summed E-state index contributed by atoms with van der Waals surface area (Å²) < 4.78 is 10.4. The number of rotatable bonds is 3. The average Bonchev–Trinajstić information content (AvgIpc) is 2.46. The van der Waals surface area contributed by atoms with E-state index >= 15 is 0 Å². The van der Waals surface area contributed by atoms with Gasteiger partial charge in [0.25, 0.3) is 0 Å². The van der Waals surface area contributed by atoms with Gasteiger partial charge in [-0.1, -0.05) is 6.92 Å². The molecule has 1 aliphatic rings. The van der Waals surface area contributed by atoms with E-state index in [1.807, 2.05) is 20.8 Å². The maximum absolute atomic E-state index is 9.60. The normalized spacial score (nSPS) is 23.1. The lowest BCUT2D eigenvalue weighted by molar-refractivity contribution is -0.142. The predicted octanol–water partition coefficient (Wildman–Crippen LogP) is 1.00. The van der Waals surface area contributed by atoms with Gasteiger partial charge in [0.1, 0.15) is 6.10 Å². The molecular weight excluding hydrogens is 200 g/mol. The molecule has 0 amide bonds. The lowest BCUT2D eigenvalue weighted by Gasteiger charge is -2.15. The zero-order chi connectivity index (χ0) is 11.9. The largest absolute Gasteiger partial charge is 0.481 e. The first kappa shape index (κ1) is 14.3. The number of aliphatic hydroxyl groups is 1. The third-order valence-corrected chi connectivity index (χ3v) is 1.73. The van der Waals surface area contributed by atoms with Crippen molar-refractivity contribution in [3.63, 3.8) is 0 Å². The summed E-state index contributed by atoms with van der Waals surface area (Å²) in [5.74, 6) is -1.20. The Kier molecular flexibility index (Phi) is 6.47. The number of hydrogen-bond donors (Lipinski definition) is 2. The highest BCUT2D eigenvalue weighted by Gasteiger charge is 2.31. The molecule has 1 unspecified atom stereocenters. The van der Waals surface area contributed by atoms with Crippen LogP contribution in [0.1, 0.15) is 33.6 Å². The number of aliphatic hydroxyl groups excluding tert-OH is 1. The smallest absolute Gasteiger partial charge is 0.303 e. The van der Waals surface area contributed by atoms with Crippen molar-refractivity contribution in [2.75, 3.05) is 13.2 Å². The van der Waals surface area contributed by atoms with Gasteiger partial charge in [-0.2, -0.15) is 0 Å². The Labute approximate surface area is 90.0 Å². The lowest BCUT2D eigenvalue weighted by Crippen LogP contribution is -2.22. The molecule has 2 N–H and O–H groups in total. The molecule has 1 saturated heterocycles. The van der Waals surface area contributed by atoms with Crippen molar-refractivity contribution in [3.05, 3.63) is 0 Å². The van der Waals surface area contributed by atoms with Crippen LogP contribution in [0.5, 0.6) is 0 Å². The molecule has 0 aromatic heterocycles. The van der Waals surface area contributed by atoms with Crippen LogP contribution in [0.2, 0.25) is 0 Å². The molecule has 15 heavy (non-hydrogen) atoms. The summed E-state index contributed by atoms with van der Waals surface area (Å²) in [5.41, 5.74) is 0. The molecule has 5 heteroatoms. The monoisotopic (exact) mass is 220 g/mol. The van der Waals surface area contributed by atoms with Crippen molar-refractivity contribution < 1.29 is 24.5 Å². The Morgan fingerprint density at radius 2 is 2.13 bits per heavy atom. The minimum atomic E-state index is -0.711. The van der Waals surface area contributed by atoms with Gasteiger partial charge >= 0.3 is 5.97 Å². The molecule has 1 fully saturated rings. The Bertz CT molecular complexity index is 190. The van der Waals surface area contributed by atoms with E-state index in [1.54, 1.807) is 0 Å². The maximum atomic E-state index is 9.60. The number of hydrogen-bond acceptors (Lipinski definition) is 4. The van der Waals surface area contributed by atoms with Crippen molar-refractivity contribution in [3.8, 4) is 0 Å². The highest BCUT2D eigenvalue weighted by Crippen LogP contribution is 2.21. The van der Waals surface area contributed by atoms with Crippen LogP contribution in [0, 0.1) is 0 Å². The zero-order valence-electron chi connectivity index (χ0n) is 9.52. The second kappa shape index (κ2) is 6.76. The van der Waals surface area contributed by atoms with Gasteiger partial charge in [0.15, 0.2) is 5.79 Å². The number of carboxylic acid groups (broad SMARTS) is 1. The van der Waals surface area contributed by atoms with E-state index in [4.69, 9.17) is 19.7 Å². The first-order valence-electron chi connectivity index (χ1n) is 5.05. The summed E-state index contributed by atoms with van der Waals surface area (Å²) in [6.07, 6.45) is 0.898. The first-order valence-corrected chi connectivity index (χ1v) is 5.05. The average molecular weight is 220 g/mol. The molecule has 0 spiro atoms. The molecule has 0 aliphatic carbocycles. The van der Waals surface area contributed by atoms with Crippen molar-refractivity contribution in [2.24, 2.45) is 0 Å². The fourth-order valence-corrected chi connectivity index (χ4v) is 1.07. The van der Waals surface area contributed by atoms with E-state index < -0.39 is 11.8 Å². The topological polar surface area (TPSA) is 76.0 Å². The SMILES string of the molecule is CC1(C)OCC(CO)O1.CCCC(=O)O. The van der Waals surface area contributed by atoms with Gasteiger partial charge in [-0.25, -0.2) is 0 Å². The molecule has 0 bridgehead atoms. The standard InChI is InChI=1S/C6H12O3.C4H8O2/c1-6(2)8-4-5(3-7)9-6;1-2-3-4(5)6/h5,7H,3-4H2,1-2H3;2-3H2,1H3,(H,5,6). The Morgan fingerprint density at radius 3 is 2.27 bits per heavy atom. The molecule has 1 aliphatic heterocycles. The van der Waals surface area contributed by atoms with E-state index in [-0.39, 0.29) is 12.7 Å². The molecule has 0 aromatic rings. The van der Waals surface area contributed by atoms with E-state index in [1.165, 1.54) is 0 Å². The second-order valence-electron chi connectivity index (χ2n) is 3.78. The number of carboxylic acids is 1. The van der Waals surface area contributed by atoms with Crippen LogP contribution >= 0.6 is 0 Å². The van der Waals surface area contributed by atoms with Gasteiger partial charge in [-0.05, 0) is 20.3 Å². The summed E-state index contributed by atoms with van der Waals surface area (Å²) in [6.45, 7) is 6.06. The lowest BCUT2D eigenvalue weighted by atomic mass is 10.4. The van der Waals surface area contributed by atoms with E-state index in [0.29, 0.717) is 13.0 Å². The van der Waals surface area contributed by atoms with Gasteiger partial charge in [-0.15, -0.1) is 0 Å². The van der Waals surface area contributed by atoms with Crippen LogP contribution in [0.15, 0.2) is 0 Å². The fraction of sp³-hybridized carbons (Fsp3) is 0.900. The third-order valence-electron chi connectivity index (χ3n) is 1.73. The van der Waals surface area contributed by atoms with Crippen LogP contribution in [0.25, 0.3) is 0 Å². The van der Waals surface area contributed by atoms with Gasteiger partial charge < -0.3 is 19.7 Å². The predicted molar refractivity (Wildman–Crippen MR) is 54.5 cm³/mol. The van der Waals surface area contributed by atoms with Crippen LogP contribution in [0.3, 0.4) is 0 Å². The molecule has 1 rings (SSSR count). The minimum absolute atomic E-state index is 0.0451. The van der Waals surface area contributed by atoms with E-state index in [2.05, 4.69) is 0 Å². The number of carbonyl (C=O) groups is 1. The van der Waals surface area contributed by atoms with Gasteiger partial charge in [0.2, 0.25) is 0 Å². The number of aliphatic carboxylic acids is 1. The van der Waals surface area contributed by atoms with Crippen molar-refractivity contribution in [2.45, 2.75) is 45.5 Å². The Morgan fingerprint density at radius 1 is 1.53 bits per heavy atom. The highest BCUT2D eigenvalue weighted by atomic mass is 16.7. The van der Waals surface area contributed by atoms with Gasteiger partial charge in [-0.3, -0.25) is 4.79 Å². The summed E-state index contributed by atoms with van der Waals surface area (Å²) in [6, 6.07) is 0. The van der Waals surface area contributed by atoms with Crippen LogP contribution in [-0.4, -0.2) is 41.3 Å². The molecule has 90 valence electrons. The summed E-state index contributed by atoms with van der Waals surface area (Å²) in [5, 5.41) is 16.5. The summed E-state index contributed by atoms with van der Waals surface area (Å²) in [7, 11) is 0. The van der Waals surface area contributed by atoms with Crippen LogP contribution < -0.4 is 0 Å². The molecule has 0 radical (unpaired) electrons. The van der Waals surface area contributed by atoms with Crippen molar-refractivity contribution >= 4 is 5.97 Å².